The molecule has 192 valence electrons. The van der Waals surface area contributed by atoms with Crippen LogP contribution in [0.2, 0.25) is 0 Å². The van der Waals surface area contributed by atoms with E-state index in [1.165, 1.54) is 22.5 Å². The van der Waals surface area contributed by atoms with E-state index in [4.69, 9.17) is 0 Å². The number of hydrogen-bond acceptors (Lipinski definition) is 7. The molecule has 0 saturated heterocycles. The van der Waals surface area contributed by atoms with E-state index in [2.05, 4.69) is 68.8 Å². The number of benzene rings is 2. The lowest BCUT2D eigenvalue weighted by atomic mass is 10.1. The van der Waals surface area contributed by atoms with E-state index < -0.39 is 0 Å². The lowest BCUT2D eigenvalue weighted by molar-refractivity contribution is 0.0934. The summed E-state index contributed by atoms with van der Waals surface area (Å²) in [5, 5.41) is 15.5. The predicted octanol–water partition coefficient (Wildman–Crippen LogP) is 6.14. The summed E-state index contributed by atoms with van der Waals surface area (Å²) in [7, 11) is 0. The van der Waals surface area contributed by atoms with Crippen molar-refractivity contribution in [2.45, 2.75) is 43.6 Å². The zero-order chi connectivity index (χ0) is 26.3. The van der Waals surface area contributed by atoms with E-state index in [0.29, 0.717) is 11.4 Å². The van der Waals surface area contributed by atoms with E-state index in [-0.39, 0.29) is 11.9 Å². The fraction of sp³-hybridized carbons (Fsp3) is 0.207. The van der Waals surface area contributed by atoms with Gasteiger partial charge >= 0.3 is 0 Å². The molecule has 0 aliphatic heterocycles. The van der Waals surface area contributed by atoms with Gasteiger partial charge in [0, 0.05) is 35.1 Å². The molecule has 3 heterocycles. The first-order valence-electron chi connectivity index (χ1n) is 12.4. The number of pyridine rings is 1. The Morgan fingerprint density at radius 2 is 1.87 bits per heavy atom. The Kier molecular flexibility index (Phi) is 8.25. The Morgan fingerprint density at radius 1 is 1.05 bits per heavy atom. The van der Waals surface area contributed by atoms with E-state index in [1.807, 2.05) is 47.2 Å². The molecule has 0 aliphatic carbocycles. The maximum absolute atomic E-state index is 12.8. The van der Waals surface area contributed by atoms with Crippen molar-refractivity contribution in [1.82, 2.24) is 30.0 Å². The quantitative estimate of drug-likeness (QED) is 0.214. The average Bonchev–Trinajstić information content (AvgIpc) is 3.60. The summed E-state index contributed by atoms with van der Waals surface area (Å²) in [5.41, 5.74) is 4.77. The molecular weight excluding hydrogens is 512 g/mol. The van der Waals surface area contributed by atoms with Crippen molar-refractivity contribution in [2.24, 2.45) is 0 Å². The summed E-state index contributed by atoms with van der Waals surface area (Å²) in [6.07, 6.45) is 5.32. The standard InChI is InChI=1S/C29H28N6OS2/c1-20-10-14-24(15-11-20)35-27(23-9-6-16-30-17-23)33-34-29(35)38-19-26-32-25(18-37-26)28(36)31-21(2)12-13-22-7-4-3-5-8-22/h3-11,14-18,21H,12-13,19H2,1-2H3,(H,31,36). The smallest absolute Gasteiger partial charge is 0.270 e. The van der Waals surface area contributed by atoms with Gasteiger partial charge in [0.05, 0.1) is 5.75 Å². The summed E-state index contributed by atoms with van der Waals surface area (Å²) in [4.78, 5) is 21.6. The zero-order valence-corrected chi connectivity index (χ0v) is 22.9. The first-order valence-corrected chi connectivity index (χ1v) is 14.3. The third-order valence-corrected chi connectivity index (χ3v) is 8.01. The Labute approximate surface area is 230 Å². The molecule has 0 aliphatic rings. The minimum atomic E-state index is -0.139. The SMILES string of the molecule is Cc1ccc(-n2c(SCc3nc(C(=O)NC(C)CCc4ccccc4)cs3)nnc2-c2cccnc2)cc1. The molecule has 3 aromatic heterocycles. The highest BCUT2D eigenvalue weighted by atomic mass is 32.2. The molecule has 5 aromatic rings. The van der Waals surface area contributed by atoms with Crippen LogP contribution in [-0.4, -0.2) is 36.7 Å². The molecule has 5 rings (SSSR count). The van der Waals surface area contributed by atoms with Crippen molar-refractivity contribution in [1.29, 1.82) is 0 Å². The number of aryl methyl sites for hydroxylation is 2. The molecule has 0 bridgehead atoms. The largest absolute Gasteiger partial charge is 0.348 e. The maximum atomic E-state index is 12.8. The summed E-state index contributed by atoms with van der Waals surface area (Å²) in [6, 6.07) is 22.5. The molecule has 0 spiro atoms. The number of nitrogens with one attached hydrogen (secondary N) is 1. The number of carbonyl (C=O) groups is 1. The molecule has 1 unspecified atom stereocenters. The van der Waals surface area contributed by atoms with Crippen molar-refractivity contribution in [2.75, 3.05) is 0 Å². The topological polar surface area (TPSA) is 85.6 Å². The lowest BCUT2D eigenvalue weighted by Gasteiger charge is -2.12. The fourth-order valence-corrected chi connectivity index (χ4v) is 5.72. The first kappa shape index (κ1) is 25.8. The van der Waals surface area contributed by atoms with Crippen LogP contribution in [0.5, 0.6) is 0 Å². The van der Waals surface area contributed by atoms with Crippen LogP contribution in [0, 0.1) is 6.92 Å². The molecule has 0 saturated carbocycles. The molecule has 7 nitrogen and oxygen atoms in total. The number of thiazole rings is 1. The van der Waals surface area contributed by atoms with Gasteiger partial charge in [-0.1, -0.05) is 59.8 Å². The molecule has 38 heavy (non-hydrogen) atoms. The minimum Gasteiger partial charge on any atom is -0.348 e. The number of thioether (sulfide) groups is 1. The summed E-state index contributed by atoms with van der Waals surface area (Å²) in [6.45, 7) is 4.09. The molecule has 9 heteroatoms. The summed E-state index contributed by atoms with van der Waals surface area (Å²) >= 11 is 3.03. The van der Waals surface area contributed by atoms with Gasteiger partial charge in [0.15, 0.2) is 11.0 Å². The van der Waals surface area contributed by atoms with Crippen LogP contribution in [0.25, 0.3) is 17.1 Å². The van der Waals surface area contributed by atoms with Gasteiger partial charge in [-0.3, -0.25) is 14.3 Å². The van der Waals surface area contributed by atoms with Gasteiger partial charge in [0.1, 0.15) is 10.7 Å². The van der Waals surface area contributed by atoms with Crippen LogP contribution in [0.4, 0.5) is 0 Å². The van der Waals surface area contributed by atoms with Crippen molar-refractivity contribution in [3.8, 4) is 17.1 Å². The van der Waals surface area contributed by atoms with Gasteiger partial charge in [0.25, 0.3) is 5.91 Å². The van der Waals surface area contributed by atoms with Crippen LogP contribution in [0.1, 0.15) is 40.0 Å². The number of hydrogen-bond donors (Lipinski definition) is 1. The van der Waals surface area contributed by atoms with Crippen molar-refractivity contribution < 1.29 is 4.79 Å². The van der Waals surface area contributed by atoms with Gasteiger partial charge in [-0.2, -0.15) is 0 Å². The van der Waals surface area contributed by atoms with E-state index in [0.717, 1.165) is 40.1 Å². The molecule has 1 atom stereocenters. The van der Waals surface area contributed by atoms with E-state index in [1.54, 1.807) is 24.2 Å². The molecular formula is C29H28N6OS2. The molecule has 1 N–H and O–H groups in total. The van der Waals surface area contributed by atoms with Crippen LogP contribution in [-0.2, 0) is 12.2 Å². The second kappa shape index (κ2) is 12.1. The van der Waals surface area contributed by atoms with Crippen molar-refractivity contribution in [3.63, 3.8) is 0 Å². The molecule has 0 radical (unpaired) electrons. The summed E-state index contributed by atoms with van der Waals surface area (Å²) in [5.74, 6) is 1.17. The van der Waals surface area contributed by atoms with Crippen molar-refractivity contribution >= 4 is 29.0 Å². The Balaban J connectivity index is 1.25. The highest BCUT2D eigenvalue weighted by Crippen LogP contribution is 2.30. The Morgan fingerprint density at radius 3 is 2.63 bits per heavy atom. The third-order valence-electron chi connectivity index (χ3n) is 6.04. The normalized spacial score (nSPS) is 11.8. The van der Waals surface area contributed by atoms with Crippen LogP contribution in [0.15, 0.2) is 89.7 Å². The monoisotopic (exact) mass is 540 g/mol. The number of aromatic nitrogens is 5. The van der Waals surface area contributed by atoms with Gasteiger partial charge in [-0.15, -0.1) is 21.5 Å². The van der Waals surface area contributed by atoms with Crippen LogP contribution in [0.3, 0.4) is 0 Å². The second-order valence-corrected chi connectivity index (χ2v) is 10.9. The predicted molar refractivity (Wildman–Crippen MR) is 153 cm³/mol. The van der Waals surface area contributed by atoms with Crippen LogP contribution >= 0.6 is 23.1 Å². The van der Waals surface area contributed by atoms with Gasteiger partial charge in [-0.05, 0) is 56.5 Å². The number of amides is 1. The van der Waals surface area contributed by atoms with Gasteiger partial charge < -0.3 is 5.32 Å². The Bertz CT molecular complexity index is 1480. The van der Waals surface area contributed by atoms with E-state index >= 15 is 0 Å². The van der Waals surface area contributed by atoms with Crippen molar-refractivity contribution in [3.05, 3.63) is 106 Å². The number of nitrogens with zero attached hydrogens (tertiary/aromatic N) is 5. The highest BCUT2D eigenvalue weighted by Gasteiger charge is 2.18. The molecule has 0 fully saturated rings. The van der Waals surface area contributed by atoms with Gasteiger partial charge in [-0.25, -0.2) is 4.98 Å². The van der Waals surface area contributed by atoms with E-state index in [9.17, 15) is 4.79 Å². The first-order chi connectivity index (χ1) is 18.6. The number of rotatable bonds is 10. The van der Waals surface area contributed by atoms with Crippen LogP contribution < -0.4 is 5.32 Å². The fourth-order valence-electron chi connectivity index (χ4n) is 3.98. The minimum absolute atomic E-state index is 0.0567. The van der Waals surface area contributed by atoms with Gasteiger partial charge in [0.2, 0.25) is 0 Å². The lowest BCUT2D eigenvalue weighted by Crippen LogP contribution is -2.33. The average molecular weight is 541 g/mol. The highest BCUT2D eigenvalue weighted by molar-refractivity contribution is 7.98. The second-order valence-electron chi connectivity index (χ2n) is 9.03. The number of carbonyl (C=O) groups excluding carboxylic acids is 1. The summed E-state index contributed by atoms with van der Waals surface area (Å²) < 4.78 is 2.04. The molecule has 2 aromatic carbocycles. The maximum Gasteiger partial charge on any atom is 0.270 e. The third kappa shape index (κ3) is 6.35. The molecule has 1 amide bonds. The Hall–Kier alpha value is -3.82. The zero-order valence-electron chi connectivity index (χ0n) is 21.2.